The normalized spacial score (nSPS) is 11.2. The Labute approximate surface area is 170 Å². The van der Waals surface area contributed by atoms with E-state index in [1.54, 1.807) is 25.5 Å². The van der Waals surface area contributed by atoms with Crippen molar-refractivity contribution < 1.29 is 14.3 Å². The molecule has 0 spiro atoms. The average molecular weight is 394 g/mol. The lowest BCUT2D eigenvalue weighted by Crippen LogP contribution is -2.17. The summed E-state index contributed by atoms with van der Waals surface area (Å²) in [5, 5.41) is 4.06. The largest absolute Gasteiger partial charge is 0.493 e. The second kappa shape index (κ2) is 9.23. The molecule has 0 atom stereocenters. The van der Waals surface area contributed by atoms with Gasteiger partial charge in [0, 0.05) is 12.1 Å². The third-order valence-corrected chi connectivity index (χ3v) is 4.55. The Kier molecular flexibility index (Phi) is 6.49. The second-order valence-electron chi connectivity index (χ2n) is 6.56. The first-order chi connectivity index (χ1) is 14.1. The Morgan fingerprint density at radius 3 is 2.76 bits per heavy atom. The lowest BCUT2D eigenvalue weighted by molar-refractivity contribution is 0.0955. The number of aromatic nitrogens is 2. The van der Waals surface area contributed by atoms with Crippen LogP contribution in [0.25, 0.3) is 11.0 Å². The highest BCUT2D eigenvalue weighted by molar-refractivity contribution is 5.98. The number of rotatable bonds is 8. The van der Waals surface area contributed by atoms with Crippen LogP contribution in [-0.4, -0.2) is 35.4 Å². The Hall–Kier alpha value is -3.35. The van der Waals surface area contributed by atoms with E-state index in [2.05, 4.69) is 27.0 Å². The van der Waals surface area contributed by atoms with E-state index in [9.17, 15) is 4.79 Å². The summed E-state index contributed by atoms with van der Waals surface area (Å²) in [5.74, 6) is 1.95. The molecule has 29 heavy (non-hydrogen) atoms. The van der Waals surface area contributed by atoms with E-state index < -0.39 is 0 Å². The molecule has 152 valence electrons. The third kappa shape index (κ3) is 4.56. The first-order valence-corrected chi connectivity index (χ1v) is 9.68. The number of hydrogen-bond donors (Lipinski definition) is 1. The fourth-order valence-electron chi connectivity index (χ4n) is 3.12. The quantitative estimate of drug-likeness (QED) is 0.464. The molecule has 0 aliphatic heterocycles. The van der Waals surface area contributed by atoms with E-state index >= 15 is 0 Å². The maximum atomic E-state index is 12.4. The van der Waals surface area contributed by atoms with E-state index in [-0.39, 0.29) is 5.91 Å². The Morgan fingerprint density at radius 1 is 1.21 bits per heavy atom. The molecule has 0 aliphatic rings. The molecule has 0 aliphatic carbocycles. The molecule has 3 aromatic rings. The van der Waals surface area contributed by atoms with Crippen molar-refractivity contribution in [3.05, 3.63) is 53.3 Å². The smallest absolute Gasteiger partial charge is 0.271 e. The molecule has 0 fully saturated rings. The summed E-state index contributed by atoms with van der Waals surface area (Å²) >= 11 is 0. The number of methoxy groups -OCH3 is 1. The van der Waals surface area contributed by atoms with Gasteiger partial charge in [-0.25, -0.2) is 10.4 Å². The Bertz CT molecular complexity index is 1040. The van der Waals surface area contributed by atoms with Gasteiger partial charge in [0.15, 0.2) is 11.5 Å². The van der Waals surface area contributed by atoms with Crippen LogP contribution >= 0.6 is 0 Å². The SMILES string of the molecule is CCCOc1ccc(/C=N\NC(=O)c2ccc3c(c2)nc(C)n3CC)cc1OC. The van der Waals surface area contributed by atoms with Crippen molar-refractivity contribution in [2.75, 3.05) is 13.7 Å². The number of nitrogens with zero attached hydrogens (tertiary/aromatic N) is 3. The van der Waals surface area contributed by atoms with Crippen molar-refractivity contribution in [1.29, 1.82) is 0 Å². The minimum atomic E-state index is -0.290. The van der Waals surface area contributed by atoms with Crippen LogP contribution < -0.4 is 14.9 Å². The minimum absolute atomic E-state index is 0.290. The molecule has 0 saturated carbocycles. The lowest BCUT2D eigenvalue weighted by atomic mass is 10.2. The number of carbonyl (C=O) groups excluding carboxylic acids is 1. The topological polar surface area (TPSA) is 77.7 Å². The Morgan fingerprint density at radius 2 is 2.03 bits per heavy atom. The molecule has 0 radical (unpaired) electrons. The summed E-state index contributed by atoms with van der Waals surface area (Å²) in [6.07, 6.45) is 2.49. The van der Waals surface area contributed by atoms with Gasteiger partial charge in [0.2, 0.25) is 0 Å². The van der Waals surface area contributed by atoms with E-state index in [0.29, 0.717) is 23.7 Å². The van der Waals surface area contributed by atoms with Crippen molar-refractivity contribution >= 4 is 23.2 Å². The van der Waals surface area contributed by atoms with Crippen molar-refractivity contribution in [1.82, 2.24) is 15.0 Å². The van der Waals surface area contributed by atoms with Gasteiger partial charge in [0.25, 0.3) is 5.91 Å². The molecule has 3 rings (SSSR count). The highest BCUT2D eigenvalue weighted by Crippen LogP contribution is 2.27. The number of fused-ring (bicyclic) bond motifs is 1. The first kappa shape index (κ1) is 20.4. The van der Waals surface area contributed by atoms with Crippen LogP contribution in [0, 0.1) is 6.92 Å². The zero-order chi connectivity index (χ0) is 20.8. The average Bonchev–Trinajstić information content (AvgIpc) is 3.06. The summed E-state index contributed by atoms with van der Waals surface area (Å²) in [4.78, 5) is 17.0. The predicted octanol–water partition coefficient (Wildman–Crippen LogP) is 3.93. The summed E-state index contributed by atoms with van der Waals surface area (Å²) in [7, 11) is 1.59. The van der Waals surface area contributed by atoms with Crippen LogP contribution in [0.4, 0.5) is 0 Å². The van der Waals surface area contributed by atoms with Gasteiger partial charge in [-0.05, 0) is 62.2 Å². The number of amides is 1. The molecular formula is C22H26N4O3. The number of carbonyl (C=O) groups is 1. The van der Waals surface area contributed by atoms with Gasteiger partial charge in [-0.1, -0.05) is 6.92 Å². The van der Waals surface area contributed by atoms with Crippen molar-refractivity contribution in [3.63, 3.8) is 0 Å². The molecule has 0 saturated heterocycles. The third-order valence-electron chi connectivity index (χ3n) is 4.55. The monoisotopic (exact) mass is 394 g/mol. The van der Waals surface area contributed by atoms with E-state index in [4.69, 9.17) is 9.47 Å². The summed E-state index contributed by atoms with van der Waals surface area (Å²) < 4.78 is 13.1. The van der Waals surface area contributed by atoms with Crippen LogP contribution in [0.3, 0.4) is 0 Å². The molecule has 7 nitrogen and oxygen atoms in total. The van der Waals surface area contributed by atoms with Gasteiger partial charge in [-0.3, -0.25) is 4.79 Å². The van der Waals surface area contributed by atoms with E-state index in [0.717, 1.165) is 35.4 Å². The van der Waals surface area contributed by atoms with Gasteiger partial charge >= 0.3 is 0 Å². The maximum absolute atomic E-state index is 12.4. The van der Waals surface area contributed by atoms with Crippen LogP contribution in [0.2, 0.25) is 0 Å². The number of benzene rings is 2. The summed E-state index contributed by atoms with van der Waals surface area (Å²) in [6.45, 7) is 7.54. The van der Waals surface area contributed by atoms with Crippen molar-refractivity contribution in [2.45, 2.75) is 33.7 Å². The van der Waals surface area contributed by atoms with E-state index in [1.165, 1.54) is 0 Å². The standard InChI is InChI=1S/C22H26N4O3/c1-5-11-29-20-10-7-16(12-21(20)28-4)14-23-25-22(27)17-8-9-19-18(13-17)24-15(3)26(19)6-2/h7-10,12-14H,5-6,11H2,1-4H3,(H,25,27)/b23-14-. The molecule has 7 heteroatoms. The fourth-order valence-corrected chi connectivity index (χ4v) is 3.12. The van der Waals surface area contributed by atoms with Crippen LogP contribution in [-0.2, 0) is 6.54 Å². The highest BCUT2D eigenvalue weighted by Gasteiger charge is 2.10. The summed E-state index contributed by atoms with van der Waals surface area (Å²) in [5.41, 5.74) is 5.67. The number of imidazole rings is 1. The van der Waals surface area contributed by atoms with Crippen LogP contribution in [0.15, 0.2) is 41.5 Å². The molecule has 0 bridgehead atoms. The minimum Gasteiger partial charge on any atom is -0.493 e. The molecule has 1 amide bonds. The van der Waals surface area contributed by atoms with Gasteiger partial charge in [0.1, 0.15) is 5.82 Å². The van der Waals surface area contributed by atoms with E-state index in [1.807, 2.05) is 38.1 Å². The Balaban J connectivity index is 1.70. The first-order valence-electron chi connectivity index (χ1n) is 9.68. The van der Waals surface area contributed by atoms with Crippen LogP contribution in [0.5, 0.6) is 11.5 Å². The van der Waals surface area contributed by atoms with Crippen molar-refractivity contribution in [2.24, 2.45) is 5.10 Å². The fraction of sp³-hybridized carbons (Fsp3) is 0.318. The van der Waals surface area contributed by atoms with Crippen LogP contribution in [0.1, 0.15) is 42.0 Å². The molecule has 2 aromatic carbocycles. The highest BCUT2D eigenvalue weighted by atomic mass is 16.5. The second-order valence-corrected chi connectivity index (χ2v) is 6.56. The molecule has 0 unspecified atom stereocenters. The number of hydrogen-bond acceptors (Lipinski definition) is 5. The summed E-state index contributed by atoms with van der Waals surface area (Å²) in [6, 6.07) is 11.0. The molecule has 1 aromatic heterocycles. The number of ether oxygens (including phenoxy) is 2. The predicted molar refractivity (Wildman–Crippen MR) is 114 cm³/mol. The van der Waals surface area contributed by atoms with Gasteiger partial charge in [-0.15, -0.1) is 0 Å². The number of nitrogens with one attached hydrogen (secondary N) is 1. The zero-order valence-corrected chi connectivity index (χ0v) is 17.2. The van der Waals surface area contributed by atoms with Crippen molar-refractivity contribution in [3.8, 4) is 11.5 Å². The van der Waals surface area contributed by atoms with Gasteiger partial charge in [0.05, 0.1) is 31.0 Å². The van der Waals surface area contributed by atoms with Gasteiger partial charge < -0.3 is 14.0 Å². The molecule has 1 heterocycles. The molecule has 1 N–H and O–H groups in total. The maximum Gasteiger partial charge on any atom is 0.271 e. The lowest BCUT2D eigenvalue weighted by Gasteiger charge is -2.10. The number of aryl methyl sites for hydroxylation is 2. The molecular weight excluding hydrogens is 368 g/mol. The zero-order valence-electron chi connectivity index (χ0n) is 17.2. The van der Waals surface area contributed by atoms with Gasteiger partial charge in [-0.2, -0.15) is 5.10 Å². The number of hydrazone groups is 1.